The molecule has 0 saturated heterocycles. The predicted octanol–water partition coefficient (Wildman–Crippen LogP) is 6.33. The molecule has 0 fully saturated rings. The number of hydrogen-bond donors (Lipinski definition) is 2. The molecule has 1 amide bonds. The largest absolute Gasteiger partial charge is 0.417 e. The number of amides is 1. The van der Waals surface area contributed by atoms with E-state index in [1.807, 2.05) is 68.5 Å². The second-order valence-corrected chi connectivity index (χ2v) is 6.56. The number of carbonyl (C=O) groups is 1. The van der Waals surface area contributed by atoms with E-state index in [0.29, 0.717) is 11.4 Å². The molecule has 6 heteroatoms. The average Bonchev–Trinajstić information content (AvgIpc) is 2.66. The molecular weight excluding hydrogens is 368 g/mol. The summed E-state index contributed by atoms with van der Waals surface area (Å²) in [6, 6.07) is 16.4. The second kappa shape index (κ2) is 10.6. The van der Waals surface area contributed by atoms with Gasteiger partial charge in [0.1, 0.15) is 5.75 Å². The number of benzene rings is 2. The number of carbonyl (C=O) groups excluding carboxylic acids is 1. The maximum Gasteiger partial charge on any atom is 0.417 e. The molecule has 2 aromatic rings. The van der Waals surface area contributed by atoms with Gasteiger partial charge < -0.3 is 9.46 Å². The van der Waals surface area contributed by atoms with Crippen molar-refractivity contribution in [3.05, 3.63) is 77.5 Å². The number of rotatable bonds is 7. The summed E-state index contributed by atoms with van der Waals surface area (Å²) in [6.45, 7) is 3.95. The molecule has 136 valence electrons. The Bertz CT molecular complexity index is 774. The molecule has 0 bridgehead atoms. The Kier molecular flexibility index (Phi) is 8.12. The molecule has 0 atom stereocenters. The summed E-state index contributed by atoms with van der Waals surface area (Å²) in [4.78, 5) is 12.9. The fraction of sp³-hybridized carbons (Fsp3) is 0.150. The highest BCUT2D eigenvalue weighted by Crippen LogP contribution is 2.22. The quantitative estimate of drug-likeness (QED) is 0.429. The number of nitrogens with one attached hydrogen (secondary N) is 2. The topological polar surface area (TPSA) is 50.4 Å². The SMILES string of the molecule is C/C=C\C(NSc1ccc(NC(=O)Oc2ccccc2)cc1)=C(\Cl)CC. The molecule has 0 heterocycles. The maximum atomic E-state index is 11.9. The van der Waals surface area contributed by atoms with Crippen molar-refractivity contribution in [1.29, 1.82) is 0 Å². The lowest BCUT2D eigenvalue weighted by atomic mass is 10.3. The zero-order chi connectivity index (χ0) is 18.8. The van der Waals surface area contributed by atoms with Gasteiger partial charge in [0, 0.05) is 15.6 Å². The Morgan fingerprint density at radius 3 is 2.46 bits per heavy atom. The first-order chi connectivity index (χ1) is 12.6. The van der Waals surface area contributed by atoms with Gasteiger partial charge >= 0.3 is 6.09 Å². The second-order valence-electron chi connectivity index (χ2n) is 5.23. The van der Waals surface area contributed by atoms with Gasteiger partial charge in [0.05, 0.1) is 5.70 Å². The molecule has 0 radical (unpaired) electrons. The minimum atomic E-state index is -0.525. The van der Waals surface area contributed by atoms with Crippen molar-refractivity contribution in [3.63, 3.8) is 0 Å². The van der Waals surface area contributed by atoms with Gasteiger partial charge in [-0.25, -0.2) is 4.79 Å². The lowest BCUT2D eigenvalue weighted by Gasteiger charge is -2.10. The van der Waals surface area contributed by atoms with E-state index in [0.717, 1.165) is 22.0 Å². The molecule has 26 heavy (non-hydrogen) atoms. The van der Waals surface area contributed by atoms with Crippen LogP contribution in [0.2, 0.25) is 0 Å². The molecule has 0 spiro atoms. The van der Waals surface area contributed by atoms with Crippen LogP contribution in [-0.4, -0.2) is 6.09 Å². The van der Waals surface area contributed by atoms with Crippen molar-refractivity contribution in [3.8, 4) is 5.75 Å². The minimum Gasteiger partial charge on any atom is -0.410 e. The van der Waals surface area contributed by atoms with Crippen LogP contribution in [0.4, 0.5) is 10.5 Å². The lowest BCUT2D eigenvalue weighted by Crippen LogP contribution is -2.16. The van der Waals surface area contributed by atoms with Crippen LogP contribution in [0.5, 0.6) is 5.75 Å². The summed E-state index contributed by atoms with van der Waals surface area (Å²) in [5.74, 6) is 0.498. The summed E-state index contributed by atoms with van der Waals surface area (Å²) in [6.07, 6.45) is 4.12. The normalized spacial score (nSPS) is 11.8. The van der Waals surface area contributed by atoms with Crippen molar-refractivity contribution in [2.75, 3.05) is 5.32 Å². The monoisotopic (exact) mass is 388 g/mol. The Labute approximate surface area is 163 Å². The molecule has 0 aliphatic carbocycles. The van der Waals surface area contributed by atoms with Gasteiger partial charge in [0.25, 0.3) is 0 Å². The third-order valence-electron chi connectivity index (χ3n) is 3.27. The average molecular weight is 389 g/mol. The molecule has 0 saturated carbocycles. The Morgan fingerprint density at radius 1 is 1.15 bits per heavy atom. The van der Waals surface area contributed by atoms with Gasteiger partial charge in [0.2, 0.25) is 0 Å². The van der Waals surface area contributed by atoms with Gasteiger partial charge in [-0.2, -0.15) is 0 Å². The van der Waals surface area contributed by atoms with Crippen LogP contribution in [0.25, 0.3) is 0 Å². The van der Waals surface area contributed by atoms with Gasteiger partial charge in [-0.3, -0.25) is 5.32 Å². The van der Waals surface area contributed by atoms with Gasteiger partial charge in [-0.15, -0.1) is 0 Å². The summed E-state index contributed by atoms with van der Waals surface area (Å²) in [5.41, 5.74) is 1.54. The first kappa shape index (κ1) is 19.9. The van der Waals surface area contributed by atoms with Gasteiger partial charge in [0.15, 0.2) is 0 Å². The number of halogens is 1. The molecule has 0 aliphatic heterocycles. The first-order valence-electron chi connectivity index (χ1n) is 8.20. The van der Waals surface area contributed by atoms with Crippen molar-refractivity contribution in [1.82, 2.24) is 4.72 Å². The first-order valence-corrected chi connectivity index (χ1v) is 9.40. The van der Waals surface area contributed by atoms with Crippen LogP contribution in [0.3, 0.4) is 0 Å². The zero-order valence-corrected chi connectivity index (χ0v) is 16.2. The number of para-hydroxylation sites is 1. The van der Waals surface area contributed by atoms with Crippen LogP contribution in [0.15, 0.2) is 82.4 Å². The van der Waals surface area contributed by atoms with Crippen molar-refractivity contribution >= 4 is 35.3 Å². The van der Waals surface area contributed by atoms with E-state index in [1.54, 1.807) is 12.1 Å². The van der Waals surface area contributed by atoms with Crippen molar-refractivity contribution in [2.24, 2.45) is 0 Å². The molecular formula is C20H21ClN2O2S. The van der Waals surface area contributed by atoms with Crippen LogP contribution >= 0.6 is 23.5 Å². The third kappa shape index (κ3) is 6.50. The summed E-state index contributed by atoms with van der Waals surface area (Å²) in [5, 5.41) is 3.47. The Balaban J connectivity index is 1.90. The molecule has 2 rings (SSSR count). The van der Waals surface area contributed by atoms with E-state index in [-0.39, 0.29) is 0 Å². The van der Waals surface area contributed by atoms with E-state index in [4.69, 9.17) is 16.3 Å². The molecule has 0 aliphatic rings. The fourth-order valence-electron chi connectivity index (χ4n) is 2.00. The summed E-state index contributed by atoms with van der Waals surface area (Å²) in [7, 11) is 0. The Morgan fingerprint density at radius 2 is 1.85 bits per heavy atom. The highest BCUT2D eigenvalue weighted by Gasteiger charge is 2.05. The minimum absolute atomic E-state index is 0.498. The van der Waals surface area contributed by atoms with Crippen LogP contribution in [0, 0.1) is 0 Å². The smallest absolute Gasteiger partial charge is 0.410 e. The number of hydrogen-bond acceptors (Lipinski definition) is 4. The van der Waals surface area contributed by atoms with Crippen LogP contribution in [0.1, 0.15) is 20.3 Å². The van der Waals surface area contributed by atoms with E-state index < -0.39 is 6.09 Å². The molecule has 2 aromatic carbocycles. The van der Waals surface area contributed by atoms with Crippen LogP contribution < -0.4 is 14.8 Å². The molecule has 0 aromatic heterocycles. The summed E-state index contributed by atoms with van der Waals surface area (Å²) < 4.78 is 8.44. The van der Waals surface area contributed by atoms with E-state index >= 15 is 0 Å². The number of allylic oxidation sites excluding steroid dienone is 3. The Hall–Kier alpha value is -2.37. The highest BCUT2D eigenvalue weighted by molar-refractivity contribution is 7.97. The van der Waals surface area contributed by atoms with Crippen molar-refractivity contribution < 1.29 is 9.53 Å². The summed E-state index contributed by atoms with van der Waals surface area (Å²) >= 11 is 7.67. The molecule has 4 nitrogen and oxygen atoms in total. The lowest BCUT2D eigenvalue weighted by molar-refractivity contribution is 0.215. The van der Waals surface area contributed by atoms with E-state index in [9.17, 15) is 4.79 Å². The van der Waals surface area contributed by atoms with Gasteiger partial charge in [-0.1, -0.05) is 42.8 Å². The zero-order valence-electron chi connectivity index (χ0n) is 14.7. The molecule has 0 unspecified atom stereocenters. The van der Waals surface area contributed by atoms with Crippen molar-refractivity contribution in [2.45, 2.75) is 25.2 Å². The maximum absolute atomic E-state index is 11.9. The number of anilines is 1. The fourth-order valence-corrected chi connectivity index (χ4v) is 2.85. The van der Waals surface area contributed by atoms with Crippen LogP contribution in [-0.2, 0) is 0 Å². The third-order valence-corrected chi connectivity index (χ3v) is 4.57. The molecule has 2 N–H and O–H groups in total. The highest BCUT2D eigenvalue weighted by atomic mass is 35.5. The standard InChI is InChI=1S/C20H21ClN2O2S/c1-3-8-19(18(21)4-2)23-26-17-13-11-15(12-14-17)22-20(24)25-16-9-6-5-7-10-16/h3,5-14,23H,4H2,1-2H3,(H,22,24)/b8-3-,19-18-. The van der Waals surface area contributed by atoms with E-state index in [2.05, 4.69) is 10.0 Å². The number of ether oxygens (including phenoxy) is 1. The van der Waals surface area contributed by atoms with E-state index in [1.165, 1.54) is 11.9 Å². The predicted molar refractivity (Wildman–Crippen MR) is 110 cm³/mol. The van der Waals surface area contributed by atoms with Gasteiger partial charge in [-0.05, 0) is 67.8 Å².